The minimum Gasteiger partial charge on any atom is -0.295 e. The predicted molar refractivity (Wildman–Crippen MR) is 96.5 cm³/mol. The van der Waals surface area contributed by atoms with Gasteiger partial charge < -0.3 is 0 Å². The van der Waals surface area contributed by atoms with E-state index in [0.717, 1.165) is 30.1 Å². The average molecular weight is 312 g/mol. The number of nitrogens with zero attached hydrogens (tertiary/aromatic N) is 2. The molecule has 3 rings (SSSR count). The molecule has 0 radical (unpaired) electrons. The van der Waals surface area contributed by atoms with Crippen molar-refractivity contribution in [3.63, 3.8) is 0 Å². The first-order valence-corrected chi connectivity index (χ1v) is 8.61. The highest BCUT2D eigenvalue weighted by Crippen LogP contribution is 2.27. The molecule has 1 heterocycles. The van der Waals surface area contributed by atoms with Crippen molar-refractivity contribution >= 4 is 12.2 Å². The Kier molecular flexibility index (Phi) is 3.99. The number of allylic oxidation sites excluding steroid dienone is 4. The number of hydrogen-bond donors (Lipinski definition) is 0. The molecule has 0 saturated heterocycles. The molecular formula is C20H28N2O. The van der Waals surface area contributed by atoms with Gasteiger partial charge in [0.2, 0.25) is 0 Å². The zero-order chi connectivity index (χ0) is 16.8. The molecule has 124 valence electrons. The largest absolute Gasteiger partial charge is 0.328 e. The fourth-order valence-corrected chi connectivity index (χ4v) is 3.61. The maximum atomic E-state index is 12.6. The topological polar surface area (TPSA) is 26.9 Å². The van der Waals surface area contributed by atoms with Crippen LogP contribution in [0.25, 0.3) is 12.2 Å². The van der Waals surface area contributed by atoms with Gasteiger partial charge >= 0.3 is 5.69 Å². The van der Waals surface area contributed by atoms with E-state index in [1.807, 2.05) is 16.2 Å². The van der Waals surface area contributed by atoms with Crippen LogP contribution in [0.1, 0.15) is 47.0 Å². The molecule has 3 nitrogen and oxygen atoms in total. The lowest BCUT2D eigenvalue weighted by Crippen LogP contribution is -2.38. The summed E-state index contributed by atoms with van der Waals surface area (Å²) in [4.78, 5) is 12.6. The zero-order valence-corrected chi connectivity index (χ0v) is 15.0. The SMILES string of the molecule is CC1=CC(C2C=c3c(n(CC(C)(C)C)c(=O)n3C)=CC2)=CCC1. The van der Waals surface area contributed by atoms with Crippen LogP contribution in [0.4, 0.5) is 0 Å². The predicted octanol–water partition coefficient (Wildman–Crippen LogP) is 2.48. The smallest absolute Gasteiger partial charge is 0.295 e. The van der Waals surface area contributed by atoms with Crippen molar-refractivity contribution in [3.05, 3.63) is 44.5 Å². The van der Waals surface area contributed by atoms with Gasteiger partial charge in [0.1, 0.15) is 0 Å². The Balaban J connectivity index is 2.07. The maximum Gasteiger partial charge on any atom is 0.328 e. The molecular weight excluding hydrogens is 284 g/mol. The van der Waals surface area contributed by atoms with Crippen LogP contribution in [0.5, 0.6) is 0 Å². The van der Waals surface area contributed by atoms with E-state index in [2.05, 4.69) is 52.0 Å². The molecule has 1 unspecified atom stereocenters. The number of imidazole rings is 1. The minimum absolute atomic E-state index is 0.0926. The second kappa shape index (κ2) is 5.70. The average Bonchev–Trinajstić information content (AvgIpc) is 2.71. The van der Waals surface area contributed by atoms with Gasteiger partial charge in [-0.2, -0.15) is 0 Å². The van der Waals surface area contributed by atoms with E-state index in [1.54, 1.807) is 0 Å². The molecule has 2 aliphatic carbocycles. The summed E-state index contributed by atoms with van der Waals surface area (Å²) in [6.45, 7) is 9.49. The second-order valence-corrected chi connectivity index (χ2v) is 8.21. The fourth-order valence-electron chi connectivity index (χ4n) is 3.61. The van der Waals surface area contributed by atoms with E-state index in [0.29, 0.717) is 5.92 Å². The Morgan fingerprint density at radius 3 is 2.61 bits per heavy atom. The van der Waals surface area contributed by atoms with E-state index in [1.165, 1.54) is 17.6 Å². The van der Waals surface area contributed by atoms with Gasteiger partial charge in [-0.3, -0.25) is 9.13 Å². The van der Waals surface area contributed by atoms with E-state index in [-0.39, 0.29) is 11.1 Å². The molecule has 23 heavy (non-hydrogen) atoms. The summed E-state index contributed by atoms with van der Waals surface area (Å²) >= 11 is 0. The lowest BCUT2D eigenvalue weighted by atomic mass is 9.87. The monoisotopic (exact) mass is 312 g/mol. The Labute approximate surface area is 138 Å². The molecule has 0 aromatic carbocycles. The van der Waals surface area contributed by atoms with Gasteiger partial charge in [-0.05, 0) is 37.2 Å². The van der Waals surface area contributed by atoms with Crippen LogP contribution in [-0.4, -0.2) is 9.13 Å². The summed E-state index contributed by atoms with van der Waals surface area (Å²) in [5.74, 6) is 0.397. The van der Waals surface area contributed by atoms with E-state index < -0.39 is 0 Å². The third kappa shape index (κ3) is 3.15. The van der Waals surface area contributed by atoms with Crippen molar-refractivity contribution in [2.75, 3.05) is 0 Å². The standard InChI is InChI=1S/C20H28N2O/c1-14-7-6-8-15(11-14)16-9-10-17-18(12-16)21(5)19(23)22(17)13-20(2,3)4/h8,10-12,16H,6-7,9,13H2,1-5H3. The molecule has 0 saturated carbocycles. The summed E-state index contributed by atoms with van der Waals surface area (Å²) in [6, 6.07) is 0. The van der Waals surface area contributed by atoms with Gasteiger partial charge in [0.15, 0.2) is 0 Å². The van der Waals surface area contributed by atoms with Crippen molar-refractivity contribution in [1.82, 2.24) is 9.13 Å². The van der Waals surface area contributed by atoms with Crippen LogP contribution in [0.3, 0.4) is 0 Å². The van der Waals surface area contributed by atoms with Crippen LogP contribution in [0.15, 0.2) is 28.1 Å². The Hall–Kier alpha value is -1.77. The highest BCUT2D eigenvalue weighted by atomic mass is 16.1. The van der Waals surface area contributed by atoms with Gasteiger partial charge in [-0.1, -0.05) is 50.6 Å². The number of fused-ring (bicyclic) bond motifs is 1. The first-order chi connectivity index (χ1) is 10.8. The molecule has 2 aliphatic rings. The first kappa shape index (κ1) is 16.1. The summed E-state index contributed by atoms with van der Waals surface area (Å²) < 4.78 is 3.75. The van der Waals surface area contributed by atoms with Gasteiger partial charge in [-0.15, -0.1) is 0 Å². The number of aromatic nitrogens is 2. The third-order valence-corrected chi connectivity index (χ3v) is 4.75. The van der Waals surface area contributed by atoms with Crippen LogP contribution >= 0.6 is 0 Å². The summed E-state index contributed by atoms with van der Waals surface area (Å²) in [6.07, 6.45) is 12.5. The molecule has 0 fully saturated rings. The molecule has 1 aromatic heterocycles. The van der Waals surface area contributed by atoms with Crippen molar-refractivity contribution in [2.24, 2.45) is 18.4 Å². The zero-order valence-electron chi connectivity index (χ0n) is 15.0. The first-order valence-electron chi connectivity index (χ1n) is 8.61. The maximum absolute atomic E-state index is 12.6. The van der Waals surface area contributed by atoms with Crippen LogP contribution in [0.2, 0.25) is 0 Å². The molecule has 3 heteroatoms. The Morgan fingerprint density at radius 1 is 1.22 bits per heavy atom. The van der Waals surface area contributed by atoms with Crippen molar-refractivity contribution in [3.8, 4) is 0 Å². The second-order valence-electron chi connectivity index (χ2n) is 8.21. The summed E-state index contributed by atoms with van der Waals surface area (Å²) in [7, 11) is 1.89. The molecule has 0 spiro atoms. The van der Waals surface area contributed by atoms with Crippen LogP contribution in [0, 0.1) is 11.3 Å². The van der Waals surface area contributed by atoms with Gasteiger partial charge in [0, 0.05) is 19.5 Å². The number of rotatable bonds is 2. The summed E-state index contributed by atoms with van der Waals surface area (Å²) in [5.41, 5.74) is 3.06. The van der Waals surface area contributed by atoms with E-state index in [9.17, 15) is 4.79 Å². The highest BCUT2D eigenvalue weighted by Gasteiger charge is 2.20. The Bertz CT molecular complexity index is 853. The molecule has 1 atom stereocenters. The van der Waals surface area contributed by atoms with Crippen molar-refractivity contribution < 1.29 is 0 Å². The molecule has 0 bridgehead atoms. The van der Waals surface area contributed by atoms with Gasteiger partial charge in [0.25, 0.3) is 0 Å². The van der Waals surface area contributed by atoms with Crippen molar-refractivity contribution in [2.45, 2.75) is 53.5 Å². The van der Waals surface area contributed by atoms with Crippen LogP contribution in [-0.2, 0) is 13.6 Å². The van der Waals surface area contributed by atoms with E-state index in [4.69, 9.17) is 0 Å². The Morgan fingerprint density at radius 2 is 1.96 bits per heavy atom. The molecule has 0 N–H and O–H groups in total. The van der Waals surface area contributed by atoms with Crippen LogP contribution < -0.4 is 16.4 Å². The van der Waals surface area contributed by atoms with Gasteiger partial charge in [-0.25, -0.2) is 4.79 Å². The normalized spacial score (nSPS) is 21.0. The van der Waals surface area contributed by atoms with Crippen molar-refractivity contribution in [1.29, 1.82) is 0 Å². The lowest BCUT2D eigenvalue weighted by Gasteiger charge is -2.20. The fraction of sp³-hybridized carbons (Fsp3) is 0.550. The summed E-state index contributed by atoms with van der Waals surface area (Å²) in [5, 5.41) is 2.17. The van der Waals surface area contributed by atoms with Gasteiger partial charge in [0.05, 0.1) is 10.7 Å². The molecule has 1 aromatic rings. The molecule has 0 amide bonds. The third-order valence-electron chi connectivity index (χ3n) is 4.75. The quantitative estimate of drug-likeness (QED) is 0.824. The lowest BCUT2D eigenvalue weighted by molar-refractivity contribution is 0.333. The number of hydrogen-bond acceptors (Lipinski definition) is 1. The molecule has 0 aliphatic heterocycles. The highest BCUT2D eigenvalue weighted by molar-refractivity contribution is 5.47. The minimum atomic E-state index is 0.0926. The van der Waals surface area contributed by atoms with E-state index >= 15 is 0 Å².